The third kappa shape index (κ3) is 5.96. The van der Waals surface area contributed by atoms with Gasteiger partial charge in [-0.1, -0.05) is 115 Å². The summed E-state index contributed by atoms with van der Waals surface area (Å²) in [6, 6.07) is 54.8. The normalized spacial score (nSPS) is 11.5. The van der Waals surface area contributed by atoms with E-state index in [0.717, 1.165) is 60.9 Å². The number of benzene rings is 7. The van der Waals surface area contributed by atoms with Gasteiger partial charge in [-0.15, -0.1) is 0 Å². The van der Waals surface area contributed by atoms with Crippen LogP contribution in [0.5, 0.6) is 0 Å². The van der Waals surface area contributed by atoms with Gasteiger partial charge >= 0.3 is 0 Å². The molecule has 4 heterocycles. The van der Waals surface area contributed by atoms with Gasteiger partial charge in [-0.3, -0.25) is 9.97 Å². The quantitative estimate of drug-likeness (QED) is 0.124. The molecule has 0 spiro atoms. The van der Waals surface area contributed by atoms with Crippen molar-refractivity contribution in [2.24, 2.45) is 0 Å². The van der Waals surface area contributed by atoms with Crippen LogP contribution < -0.4 is 0 Å². The van der Waals surface area contributed by atoms with Gasteiger partial charge in [-0.25, -0.2) is 19.9 Å². The highest BCUT2D eigenvalue weighted by atomic mass is 15.0. The smallest absolute Gasteiger partial charge is 0.164 e. The molecule has 4 aromatic heterocycles. The van der Waals surface area contributed by atoms with Crippen LogP contribution in [-0.4, -0.2) is 29.9 Å². The molecule has 282 valence electrons. The van der Waals surface area contributed by atoms with Crippen LogP contribution in [0.2, 0.25) is 0 Å². The number of nitrogens with zero attached hydrogens (tertiary/aromatic N) is 6. The van der Waals surface area contributed by atoms with Crippen LogP contribution in [0.3, 0.4) is 0 Å². The van der Waals surface area contributed by atoms with Crippen molar-refractivity contribution in [1.82, 2.24) is 29.9 Å². The number of aromatic nitrogens is 6. The number of aryl methyl sites for hydroxylation is 2. The third-order valence-electron chi connectivity index (χ3n) is 11.7. The first-order valence-electron chi connectivity index (χ1n) is 20.1. The predicted octanol–water partition coefficient (Wildman–Crippen LogP) is 13.3. The van der Waals surface area contributed by atoms with E-state index < -0.39 is 0 Å². The molecule has 0 saturated heterocycles. The van der Waals surface area contributed by atoms with Gasteiger partial charge in [0.2, 0.25) is 0 Å². The van der Waals surface area contributed by atoms with Crippen LogP contribution in [0.4, 0.5) is 0 Å². The molecule has 0 radical (unpaired) electrons. The minimum Gasteiger partial charge on any atom is -0.265 e. The molecule has 60 heavy (non-hydrogen) atoms. The molecular weight excluding hydrogens is 733 g/mol. The average molecular weight is 769 g/mol. The number of fused-ring (bicyclic) bond motifs is 6. The van der Waals surface area contributed by atoms with Gasteiger partial charge in [0.05, 0.1) is 11.2 Å². The Morgan fingerprint density at radius 3 is 1.47 bits per heavy atom. The molecule has 7 aromatic carbocycles. The van der Waals surface area contributed by atoms with Crippen LogP contribution >= 0.6 is 0 Å². The van der Waals surface area contributed by atoms with Crippen molar-refractivity contribution >= 4 is 43.2 Å². The van der Waals surface area contributed by atoms with E-state index in [1.807, 2.05) is 85.5 Å². The fourth-order valence-corrected chi connectivity index (χ4v) is 8.81. The van der Waals surface area contributed by atoms with Crippen LogP contribution in [0.25, 0.3) is 111 Å². The highest BCUT2D eigenvalue weighted by molar-refractivity contribution is 6.26. The largest absolute Gasteiger partial charge is 0.265 e. The van der Waals surface area contributed by atoms with Crippen molar-refractivity contribution in [2.45, 2.75) is 13.8 Å². The number of hydrogen-bond acceptors (Lipinski definition) is 6. The molecule has 0 atom stereocenters. The van der Waals surface area contributed by atoms with Gasteiger partial charge in [0, 0.05) is 57.8 Å². The van der Waals surface area contributed by atoms with E-state index in [-0.39, 0.29) is 0 Å². The Labute approximate surface area is 347 Å². The molecule has 0 unspecified atom stereocenters. The zero-order valence-corrected chi connectivity index (χ0v) is 33.0. The molecule has 0 amide bonds. The summed E-state index contributed by atoms with van der Waals surface area (Å²) in [4.78, 5) is 28.8. The first-order valence-corrected chi connectivity index (χ1v) is 20.1. The summed E-state index contributed by atoms with van der Waals surface area (Å²) in [5.41, 5.74) is 12.8. The molecule has 0 aliphatic carbocycles. The van der Waals surface area contributed by atoms with Crippen molar-refractivity contribution in [3.8, 4) is 67.7 Å². The van der Waals surface area contributed by atoms with Crippen LogP contribution in [0, 0.1) is 13.8 Å². The SMILES string of the molecule is Cc1c2c(-c3ccncc3)nc3ccccc3c2c(C)c2c(-c3ccncc3)cc3cc(-c4ccc(-c5nc(-c6ccccc6)nc(-c6ccccc6)n5)cc4)ccc3c12. The zero-order chi connectivity index (χ0) is 40.2. The topological polar surface area (TPSA) is 77.3 Å². The first kappa shape index (κ1) is 35.2. The van der Waals surface area contributed by atoms with Gasteiger partial charge in [0.15, 0.2) is 17.5 Å². The van der Waals surface area contributed by atoms with Crippen molar-refractivity contribution in [2.75, 3.05) is 0 Å². The second-order valence-electron chi connectivity index (χ2n) is 15.2. The molecule has 0 fully saturated rings. The highest BCUT2D eigenvalue weighted by Crippen LogP contribution is 2.46. The molecule has 0 N–H and O–H groups in total. The second-order valence-corrected chi connectivity index (χ2v) is 15.2. The molecule has 0 aliphatic heterocycles. The molecule has 6 heteroatoms. The molecule has 11 rings (SSSR count). The maximum atomic E-state index is 5.32. The maximum Gasteiger partial charge on any atom is 0.164 e. The van der Waals surface area contributed by atoms with Gasteiger partial charge < -0.3 is 0 Å². The lowest BCUT2D eigenvalue weighted by atomic mass is 9.83. The molecular formula is C54H36N6. The maximum absolute atomic E-state index is 5.32. The molecule has 11 aromatic rings. The molecule has 0 bridgehead atoms. The van der Waals surface area contributed by atoms with Crippen LogP contribution in [-0.2, 0) is 0 Å². The number of rotatable bonds is 6. The van der Waals surface area contributed by atoms with E-state index >= 15 is 0 Å². The van der Waals surface area contributed by atoms with Gasteiger partial charge in [-0.2, -0.15) is 0 Å². The minimum atomic E-state index is 0.632. The third-order valence-corrected chi connectivity index (χ3v) is 11.7. The summed E-state index contributed by atoms with van der Waals surface area (Å²) in [5, 5.41) is 8.39. The summed E-state index contributed by atoms with van der Waals surface area (Å²) in [5.74, 6) is 1.92. The Morgan fingerprint density at radius 2 is 0.833 bits per heavy atom. The average Bonchev–Trinajstić information content (AvgIpc) is 3.33. The Morgan fingerprint density at radius 1 is 0.333 bits per heavy atom. The lowest BCUT2D eigenvalue weighted by Gasteiger charge is -2.21. The lowest BCUT2D eigenvalue weighted by molar-refractivity contribution is 1.07. The standard InChI is InChI=1S/C54H36N6/c1-33-48-44-15-9-10-16-46(44)57-51(37-25-29-56-30-26-37)50(48)34(2)47-43-22-21-41(31-42(43)32-45(49(33)47)36-23-27-55-28-24-36)35-17-19-40(20-18-35)54-59-52(38-11-5-3-6-12-38)58-53(60-54)39-13-7-4-8-14-39/h3-32H,1-2H3. The molecule has 0 saturated carbocycles. The Balaban J connectivity index is 1.10. The van der Waals surface area contributed by atoms with Crippen LogP contribution in [0.15, 0.2) is 183 Å². The number of pyridine rings is 3. The van der Waals surface area contributed by atoms with E-state index in [1.54, 1.807) is 0 Å². The fraction of sp³-hybridized carbons (Fsp3) is 0.0370. The second kappa shape index (κ2) is 14.5. The Bertz CT molecular complexity index is 3350. The summed E-state index contributed by atoms with van der Waals surface area (Å²) in [6.07, 6.45) is 7.46. The van der Waals surface area contributed by atoms with Crippen molar-refractivity contribution in [1.29, 1.82) is 0 Å². The van der Waals surface area contributed by atoms with E-state index in [9.17, 15) is 0 Å². The molecule has 6 nitrogen and oxygen atoms in total. The number of hydrogen-bond donors (Lipinski definition) is 0. The summed E-state index contributed by atoms with van der Waals surface area (Å²) < 4.78 is 0. The van der Waals surface area contributed by atoms with Gasteiger partial charge in [0.25, 0.3) is 0 Å². The van der Waals surface area contributed by atoms with Crippen molar-refractivity contribution in [3.05, 3.63) is 194 Å². The van der Waals surface area contributed by atoms with E-state index in [0.29, 0.717) is 17.5 Å². The van der Waals surface area contributed by atoms with Crippen molar-refractivity contribution in [3.63, 3.8) is 0 Å². The number of para-hydroxylation sites is 1. The fourth-order valence-electron chi connectivity index (χ4n) is 8.81. The molecule has 0 aliphatic rings. The minimum absolute atomic E-state index is 0.632. The first-order chi connectivity index (χ1) is 29.6. The highest BCUT2D eigenvalue weighted by Gasteiger charge is 2.22. The Kier molecular flexibility index (Phi) is 8.48. The predicted molar refractivity (Wildman–Crippen MR) is 245 cm³/mol. The zero-order valence-electron chi connectivity index (χ0n) is 33.0. The Hall–Kier alpha value is -7.96. The lowest BCUT2D eigenvalue weighted by Crippen LogP contribution is -2.00. The van der Waals surface area contributed by atoms with E-state index in [1.165, 1.54) is 43.6 Å². The van der Waals surface area contributed by atoms with E-state index in [4.69, 9.17) is 19.9 Å². The van der Waals surface area contributed by atoms with Gasteiger partial charge in [-0.05, 0) is 117 Å². The van der Waals surface area contributed by atoms with Crippen LogP contribution in [0.1, 0.15) is 11.1 Å². The van der Waals surface area contributed by atoms with E-state index in [2.05, 4.69) is 121 Å². The summed E-state index contributed by atoms with van der Waals surface area (Å²) in [6.45, 7) is 4.54. The summed E-state index contributed by atoms with van der Waals surface area (Å²) in [7, 11) is 0. The monoisotopic (exact) mass is 768 g/mol. The van der Waals surface area contributed by atoms with Crippen molar-refractivity contribution < 1.29 is 0 Å². The summed E-state index contributed by atoms with van der Waals surface area (Å²) >= 11 is 0. The van der Waals surface area contributed by atoms with Gasteiger partial charge in [0.1, 0.15) is 0 Å².